The first-order chi connectivity index (χ1) is 10.2. The first kappa shape index (κ1) is 13.5. The van der Waals surface area contributed by atoms with Gasteiger partial charge in [0, 0.05) is 39.5 Å². The molecule has 0 spiro atoms. The number of aryl methyl sites for hydroxylation is 3. The quantitative estimate of drug-likeness (QED) is 0.711. The lowest BCUT2D eigenvalue weighted by Gasteiger charge is -2.18. The molecule has 0 unspecified atom stereocenters. The summed E-state index contributed by atoms with van der Waals surface area (Å²) in [6.07, 6.45) is 7.24. The molecule has 3 heterocycles. The Morgan fingerprint density at radius 3 is 2.90 bits per heavy atom. The van der Waals surface area contributed by atoms with Crippen molar-refractivity contribution in [2.45, 2.75) is 19.8 Å². The van der Waals surface area contributed by atoms with Crippen molar-refractivity contribution >= 4 is 16.9 Å². The van der Waals surface area contributed by atoms with Gasteiger partial charge in [-0.1, -0.05) is 5.16 Å². The molecule has 110 valence electrons. The van der Waals surface area contributed by atoms with Crippen molar-refractivity contribution in [3.63, 3.8) is 0 Å². The summed E-state index contributed by atoms with van der Waals surface area (Å²) in [5.74, 6) is 1.95. The van der Waals surface area contributed by atoms with Crippen LogP contribution in [0.1, 0.15) is 17.9 Å². The van der Waals surface area contributed by atoms with E-state index >= 15 is 0 Å². The molecule has 0 aliphatic heterocycles. The fourth-order valence-electron chi connectivity index (χ4n) is 2.41. The first-order valence-electron chi connectivity index (χ1n) is 6.91. The fourth-order valence-corrected chi connectivity index (χ4v) is 2.41. The van der Waals surface area contributed by atoms with Gasteiger partial charge in [0.15, 0.2) is 0 Å². The van der Waals surface area contributed by atoms with E-state index in [0.29, 0.717) is 5.71 Å². The highest BCUT2D eigenvalue weighted by atomic mass is 16.5. The summed E-state index contributed by atoms with van der Waals surface area (Å²) in [5, 5.41) is 4.84. The molecule has 0 saturated heterocycles. The van der Waals surface area contributed by atoms with E-state index in [-0.39, 0.29) is 0 Å². The molecule has 0 N–H and O–H groups in total. The van der Waals surface area contributed by atoms with E-state index in [4.69, 9.17) is 4.52 Å². The monoisotopic (exact) mass is 286 g/mol. The minimum Gasteiger partial charge on any atom is -0.359 e. The van der Waals surface area contributed by atoms with E-state index in [9.17, 15) is 0 Å². The van der Waals surface area contributed by atoms with E-state index in [0.717, 1.165) is 42.1 Å². The maximum atomic E-state index is 5.18. The largest absolute Gasteiger partial charge is 0.359 e. The minimum absolute atomic E-state index is 0.536. The minimum atomic E-state index is 0.536. The van der Waals surface area contributed by atoms with Crippen molar-refractivity contribution in [1.82, 2.24) is 24.7 Å². The average molecular weight is 286 g/mol. The smallest absolute Gasteiger partial charge is 0.263 e. The molecular formula is C14H18N6O. The predicted molar refractivity (Wildman–Crippen MR) is 79.1 cm³/mol. The van der Waals surface area contributed by atoms with Crippen molar-refractivity contribution in [3.8, 4) is 0 Å². The zero-order valence-corrected chi connectivity index (χ0v) is 12.4. The highest BCUT2D eigenvalue weighted by molar-refractivity contribution is 5.87. The highest BCUT2D eigenvalue weighted by Crippen LogP contribution is 2.24. The molecule has 0 atom stereocenters. The second-order valence-corrected chi connectivity index (χ2v) is 5.12. The number of rotatable bonds is 5. The summed E-state index contributed by atoms with van der Waals surface area (Å²) in [6, 6.07) is 0. The van der Waals surface area contributed by atoms with Crippen molar-refractivity contribution in [3.05, 3.63) is 30.2 Å². The van der Waals surface area contributed by atoms with Crippen LogP contribution in [0.25, 0.3) is 11.1 Å². The molecule has 3 aromatic heterocycles. The van der Waals surface area contributed by atoms with Crippen LogP contribution in [0.4, 0.5) is 5.82 Å². The third kappa shape index (κ3) is 2.58. The third-order valence-corrected chi connectivity index (χ3v) is 3.60. The maximum Gasteiger partial charge on any atom is 0.263 e. The van der Waals surface area contributed by atoms with Gasteiger partial charge in [-0.05, 0) is 13.3 Å². The Hall–Kier alpha value is -2.44. The molecule has 3 rings (SSSR count). The Kier molecular flexibility index (Phi) is 3.55. The Labute approximate surface area is 122 Å². The summed E-state index contributed by atoms with van der Waals surface area (Å²) in [5.41, 5.74) is 1.35. The number of imidazole rings is 1. The second kappa shape index (κ2) is 5.51. The molecule has 0 aromatic carbocycles. The number of anilines is 1. The predicted octanol–water partition coefficient (Wildman–Crippen LogP) is 1.73. The van der Waals surface area contributed by atoms with Gasteiger partial charge in [0.05, 0.1) is 5.69 Å². The Balaban J connectivity index is 1.71. The SMILES string of the molecule is Cc1noc2ncnc(N(C)CCCc3nccn3C)c12. The molecule has 3 aromatic rings. The molecule has 21 heavy (non-hydrogen) atoms. The fraction of sp³-hybridized carbons (Fsp3) is 0.429. The topological polar surface area (TPSA) is 72.9 Å². The van der Waals surface area contributed by atoms with Crippen LogP contribution in [0.15, 0.2) is 23.2 Å². The molecular weight excluding hydrogens is 268 g/mol. The summed E-state index contributed by atoms with van der Waals surface area (Å²) in [4.78, 5) is 14.9. The van der Waals surface area contributed by atoms with Crippen LogP contribution in [0.3, 0.4) is 0 Å². The molecule has 0 fully saturated rings. The number of hydrogen-bond donors (Lipinski definition) is 0. The molecule has 0 amide bonds. The number of fused-ring (bicyclic) bond motifs is 1. The van der Waals surface area contributed by atoms with Crippen molar-refractivity contribution in [2.75, 3.05) is 18.5 Å². The van der Waals surface area contributed by atoms with Crippen LogP contribution in [-0.4, -0.2) is 38.3 Å². The van der Waals surface area contributed by atoms with Gasteiger partial charge in [0.2, 0.25) is 0 Å². The second-order valence-electron chi connectivity index (χ2n) is 5.12. The van der Waals surface area contributed by atoms with Crippen LogP contribution in [0, 0.1) is 6.92 Å². The molecule has 7 nitrogen and oxygen atoms in total. The average Bonchev–Trinajstić information content (AvgIpc) is 3.06. The summed E-state index contributed by atoms with van der Waals surface area (Å²) >= 11 is 0. The molecule has 0 aliphatic carbocycles. The van der Waals surface area contributed by atoms with E-state index < -0.39 is 0 Å². The molecule has 7 heteroatoms. The number of hydrogen-bond acceptors (Lipinski definition) is 6. The van der Waals surface area contributed by atoms with E-state index in [1.807, 2.05) is 38.0 Å². The van der Waals surface area contributed by atoms with Gasteiger partial charge in [-0.2, -0.15) is 4.98 Å². The molecule has 0 radical (unpaired) electrons. The van der Waals surface area contributed by atoms with Crippen molar-refractivity contribution in [2.24, 2.45) is 7.05 Å². The lowest BCUT2D eigenvalue weighted by molar-refractivity contribution is 0.442. The Bertz CT molecular complexity index is 747. The Morgan fingerprint density at radius 1 is 1.29 bits per heavy atom. The Morgan fingerprint density at radius 2 is 2.14 bits per heavy atom. The van der Waals surface area contributed by atoms with E-state index in [1.165, 1.54) is 6.33 Å². The lowest BCUT2D eigenvalue weighted by atomic mass is 10.2. The van der Waals surface area contributed by atoms with Gasteiger partial charge in [-0.3, -0.25) is 0 Å². The van der Waals surface area contributed by atoms with Crippen molar-refractivity contribution in [1.29, 1.82) is 0 Å². The van der Waals surface area contributed by atoms with Gasteiger partial charge in [0.25, 0.3) is 5.71 Å². The van der Waals surface area contributed by atoms with Gasteiger partial charge < -0.3 is 14.0 Å². The van der Waals surface area contributed by atoms with Gasteiger partial charge in [-0.15, -0.1) is 0 Å². The van der Waals surface area contributed by atoms with E-state index in [1.54, 1.807) is 0 Å². The zero-order valence-electron chi connectivity index (χ0n) is 12.4. The number of nitrogens with zero attached hydrogens (tertiary/aromatic N) is 6. The van der Waals surface area contributed by atoms with Gasteiger partial charge in [0.1, 0.15) is 23.4 Å². The van der Waals surface area contributed by atoms with E-state index in [2.05, 4.69) is 25.0 Å². The standard InChI is InChI=1S/C14H18N6O/c1-10-12-13(16-9-17-14(12)21-18-10)20(3)7-4-5-11-15-6-8-19(11)2/h6,8-9H,4-5,7H2,1-3H3. The molecule has 0 saturated carbocycles. The zero-order chi connectivity index (χ0) is 14.8. The van der Waals surface area contributed by atoms with Crippen LogP contribution in [0.2, 0.25) is 0 Å². The van der Waals surface area contributed by atoms with Gasteiger partial charge >= 0.3 is 0 Å². The van der Waals surface area contributed by atoms with Crippen LogP contribution >= 0.6 is 0 Å². The van der Waals surface area contributed by atoms with Crippen LogP contribution < -0.4 is 4.90 Å². The van der Waals surface area contributed by atoms with Crippen LogP contribution in [0.5, 0.6) is 0 Å². The first-order valence-corrected chi connectivity index (χ1v) is 6.91. The normalized spacial score (nSPS) is 11.2. The van der Waals surface area contributed by atoms with Crippen LogP contribution in [-0.2, 0) is 13.5 Å². The third-order valence-electron chi connectivity index (χ3n) is 3.60. The van der Waals surface area contributed by atoms with Crippen molar-refractivity contribution < 1.29 is 4.52 Å². The maximum absolute atomic E-state index is 5.18. The molecule has 0 aliphatic rings. The highest BCUT2D eigenvalue weighted by Gasteiger charge is 2.15. The molecule has 0 bridgehead atoms. The summed E-state index contributed by atoms with van der Waals surface area (Å²) < 4.78 is 7.23. The van der Waals surface area contributed by atoms with Gasteiger partial charge in [-0.25, -0.2) is 9.97 Å². The lowest BCUT2D eigenvalue weighted by Crippen LogP contribution is -2.21. The summed E-state index contributed by atoms with van der Waals surface area (Å²) in [7, 11) is 4.03. The summed E-state index contributed by atoms with van der Waals surface area (Å²) in [6.45, 7) is 2.78. The number of aromatic nitrogens is 5.